The second-order valence-electron chi connectivity index (χ2n) is 11.7. The van der Waals surface area contributed by atoms with E-state index in [1.54, 1.807) is 0 Å². The Bertz CT molecular complexity index is 1070. The lowest BCUT2D eigenvalue weighted by Crippen LogP contribution is -2.58. The van der Waals surface area contributed by atoms with Crippen molar-refractivity contribution >= 4 is 11.6 Å². The van der Waals surface area contributed by atoms with Crippen LogP contribution >= 0.6 is 0 Å². The predicted molar refractivity (Wildman–Crippen MR) is 136 cm³/mol. The normalized spacial score (nSPS) is 34.0. The van der Waals surface area contributed by atoms with Crippen molar-refractivity contribution in [3.8, 4) is 5.75 Å². The fraction of sp³-hybridized carbons (Fsp3) is 0.679. The van der Waals surface area contributed by atoms with Crippen molar-refractivity contribution in [3.63, 3.8) is 0 Å². The SMILES string of the molecule is C=C1CCC2NN(c3ccc(C4CCC4)cc3O)C3CCN(C(=O)C4CCC(OC(F)(F)F)NC4)C(C1)C23. The molecular formula is C28H37F3N4O3. The summed E-state index contributed by atoms with van der Waals surface area (Å²) in [5.41, 5.74) is 6.80. The maximum absolute atomic E-state index is 13.7. The van der Waals surface area contributed by atoms with Crippen molar-refractivity contribution in [3.05, 3.63) is 35.9 Å². The van der Waals surface area contributed by atoms with E-state index < -0.39 is 12.6 Å². The molecule has 1 aromatic carbocycles. The Labute approximate surface area is 221 Å². The first kappa shape index (κ1) is 26.0. The number of piperidine rings is 2. The molecule has 208 valence electrons. The highest BCUT2D eigenvalue weighted by molar-refractivity contribution is 5.80. The van der Waals surface area contributed by atoms with Crippen molar-refractivity contribution in [1.82, 2.24) is 15.6 Å². The van der Waals surface area contributed by atoms with Crippen LogP contribution in [0, 0.1) is 11.8 Å². The van der Waals surface area contributed by atoms with Crippen LogP contribution in [0.5, 0.6) is 5.75 Å². The van der Waals surface area contributed by atoms with Gasteiger partial charge in [-0.05, 0) is 75.0 Å². The van der Waals surface area contributed by atoms with Crippen molar-refractivity contribution in [2.75, 3.05) is 18.1 Å². The summed E-state index contributed by atoms with van der Waals surface area (Å²) in [4.78, 5) is 15.7. The van der Waals surface area contributed by atoms with Crippen molar-refractivity contribution < 1.29 is 27.8 Å². The van der Waals surface area contributed by atoms with Gasteiger partial charge in [0.1, 0.15) is 12.0 Å². The van der Waals surface area contributed by atoms with Crippen LogP contribution in [0.15, 0.2) is 30.4 Å². The fourth-order valence-corrected chi connectivity index (χ4v) is 7.35. The van der Waals surface area contributed by atoms with E-state index in [2.05, 4.69) is 33.1 Å². The Balaban J connectivity index is 1.19. The number of hydrogen-bond donors (Lipinski definition) is 3. The van der Waals surface area contributed by atoms with Crippen molar-refractivity contribution in [1.29, 1.82) is 0 Å². The molecule has 0 spiro atoms. The van der Waals surface area contributed by atoms with Gasteiger partial charge in [-0.1, -0.05) is 24.6 Å². The average Bonchev–Trinajstić information content (AvgIpc) is 3.11. The Morgan fingerprint density at radius 3 is 2.58 bits per heavy atom. The molecule has 3 heterocycles. The minimum atomic E-state index is -4.70. The molecule has 38 heavy (non-hydrogen) atoms. The third-order valence-electron chi connectivity index (χ3n) is 9.48. The number of rotatable bonds is 4. The molecule has 0 radical (unpaired) electrons. The number of hydrogen-bond acceptors (Lipinski definition) is 6. The molecule has 3 N–H and O–H groups in total. The van der Waals surface area contributed by atoms with Gasteiger partial charge in [0.15, 0.2) is 0 Å². The van der Waals surface area contributed by atoms with Gasteiger partial charge < -0.3 is 15.0 Å². The number of alkyl halides is 3. The van der Waals surface area contributed by atoms with Gasteiger partial charge in [0, 0.05) is 31.1 Å². The number of ether oxygens (including phenoxy) is 1. The third-order valence-corrected chi connectivity index (χ3v) is 9.48. The zero-order valence-electron chi connectivity index (χ0n) is 21.6. The minimum Gasteiger partial charge on any atom is -0.506 e. The molecule has 10 heteroatoms. The molecule has 7 nitrogen and oxygen atoms in total. The van der Waals surface area contributed by atoms with Crippen LogP contribution < -0.4 is 15.8 Å². The van der Waals surface area contributed by atoms with Crippen LogP contribution in [0.3, 0.4) is 0 Å². The summed E-state index contributed by atoms with van der Waals surface area (Å²) in [5, 5.41) is 15.9. The van der Waals surface area contributed by atoms with Gasteiger partial charge in [0.05, 0.1) is 17.6 Å². The summed E-state index contributed by atoms with van der Waals surface area (Å²) >= 11 is 0. The largest absolute Gasteiger partial charge is 0.524 e. The van der Waals surface area contributed by atoms with Gasteiger partial charge in [0.2, 0.25) is 5.91 Å². The third kappa shape index (κ3) is 4.91. The van der Waals surface area contributed by atoms with E-state index in [0.717, 1.165) is 36.9 Å². The summed E-state index contributed by atoms with van der Waals surface area (Å²) in [6.07, 6.45) is 1.57. The van der Waals surface area contributed by atoms with Gasteiger partial charge in [-0.2, -0.15) is 0 Å². The zero-order valence-corrected chi connectivity index (χ0v) is 21.6. The van der Waals surface area contributed by atoms with E-state index in [9.17, 15) is 23.1 Å². The van der Waals surface area contributed by atoms with Crippen molar-refractivity contribution in [2.45, 2.75) is 94.4 Å². The minimum absolute atomic E-state index is 0.00556. The Hall–Kier alpha value is -2.30. The summed E-state index contributed by atoms with van der Waals surface area (Å²) in [6.45, 7) is 5.02. The van der Waals surface area contributed by atoms with Crippen LogP contribution in [0.4, 0.5) is 18.9 Å². The number of amides is 1. The van der Waals surface area contributed by atoms with Crippen LogP contribution in [0.25, 0.3) is 0 Å². The Kier molecular flexibility index (Phi) is 6.85. The number of phenols is 1. The summed E-state index contributed by atoms with van der Waals surface area (Å²) in [7, 11) is 0. The molecule has 0 aromatic heterocycles. The molecule has 2 saturated carbocycles. The lowest BCUT2D eigenvalue weighted by molar-refractivity contribution is -0.348. The molecule has 5 fully saturated rings. The molecule has 6 unspecified atom stereocenters. The monoisotopic (exact) mass is 534 g/mol. The molecule has 1 aromatic rings. The van der Waals surface area contributed by atoms with E-state index in [0.29, 0.717) is 24.6 Å². The quantitative estimate of drug-likeness (QED) is 0.493. The Morgan fingerprint density at radius 1 is 1.11 bits per heavy atom. The summed E-state index contributed by atoms with van der Waals surface area (Å²) < 4.78 is 41.9. The van der Waals surface area contributed by atoms with E-state index in [1.807, 2.05) is 17.0 Å². The fourth-order valence-electron chi connectivity index (χ4n) is 7.35. The zero-order chi connectivity index (χ0) is 26.6. The van der Waals surface area contributed by atoms with E-state index >= 15 is 0 Å². The van der Waals surface area contributed by atoms with Gasteiger partial charge in [-0.15, -0.1) is 13.2 Å². The number of anilines is 1. The van der Waals surface area contributed by atoms with Gasteiger partial charge in [0.25, 0.3) is 0 Å². The van der Waals surface area contributed by atoms with Gasteiger partial charge >= 0.3 is 6.36 Å². The maximum Gasteiger partial charge on any atom is 0.524 e. The predicted octanol–water partition coefficient (Wildman–Crippen LogP) is 4.54. The highest BCUT2D eigenvalue weighted by Crippen LogP contribution is 2.46. The smallest absolute Gasteiger partial charge is 0.506 e. The molecular weight excluding hydrogens is 497 g/mol. The lowest BCUT2D eigenvalue weighted by Gasteiger charge is -2.46. The molecule has 6 atom stereocenters. The van der Waals surface area contributed by atoms with Crippen LogP contribution in [-0.4, -0.2) is 59.7 Å². The molecule has 1 amide bonds. The first-order valence-electron chi connectivity index (χ1n) is 14.0. The average molecular weight is 535 g/mol. The number of nitrogens with zero attached hydrogens (tertiary/aromatic N) is 2. The van der Waals surface area contributed by atoms with Gasteiger partial charge in [-0.3, -0.25) is 14.8 Å². The van der Waals surface area contributed by atoms with Crippen LogP contribution in [-0.2, 0) is 9.53 Å². The Morgan fingerprint density at radius 2 is 1.92 bits per heavy atom. The highest BCUT2D eigenvalue weighted by atomic mass is 19.4. The van der Waals surface area contributed by atoms with E-state index in [1.165, 1.54) is 24.8 Å². The highest BCUT2D eigenvalue weighted by Gasteiger charge is 2.53. The first-order chi connectivity index (χ1) is 18.2. The molecule has 6 rings (SSSR count). The summed E-state index contributed by atoms with van der Waals surface area (Å²) in [6, 6.07) is 6.34. The molecule has 2 aliphatic carbocycles. The van der Waals surface area contributed by atoms with E-state index in [4.69, 9.17) is 0 Å². The van der Waals surface area contributed by atoms with Crippen LogP contribution in [0.1, 0.15) is 69.3 Å². The first-order valence-corrected chi connectivity index (χ1v) is 14.0. The second kappa shape index (κ2) is 10.0. The number of benzene rings is 1. The number of aromatic hydroxyl groups is 1. The molecule has 0 bridgehead atoms. The number of halogens is 3. The number of carbonyl (C=O) groups excluding carboxylic acids is 1. The van der Waals surface area contributed by atoms with E-state index in [-0.39, 0.29) is 48.8 Å². The lowest BCUT2D eigenvalue weighted by atomic mass is 9.79. The topological polar surface area (TPSA) is 77.1 Å². The molecule has 3 saturated heterocycles. The molecule has 5 aliphatic rings. The second-order valence-corrected chi connectivity index (χ2v) is 11.7. The van der Waals surface area contributed by atoms with Crippen molar-refractivity contribution in [2.24, 2.45) is 11.8 Å². The number of likely N-dealkylation sites (tertiary alicyclic amines) is 1. The number of hydrazine groups is 1. The number of phenolic OH excluding ortho intramolecular Hbond substituents is 1. The van der Waals surface area contributed by atoms with Gasteiger partial charge in [-0.25, -0.2) is 5.43 Å². The maximum atomic E-state index is 13.7. The van der Waals surface area contributed by atoms with Crippen LogP contribution in [0.2, 0.25) is 0 Å². The molecule has 3 aliphatic heterocycles. The summed E-state index contributed by atoms with van der Waals surface area (Å²) in [5.74, 6) is 0.647. The standard InChI is InChI=1S/C28H37F3N4O3/c1-16-5-8-20-26-22(35(33-20)21-9-6-18(14-24(21)36)17-3-2-4-17)11-12-34(23(26)13-16)27(37)19-7-10-25(32-15-19)38-28(29,30)31/h6,9,14,17,19-20,22-23,25-26,32-33,36H,1-5,7-8,10-13,15H2. The number of carbonyl (C=O) groups is 1. The number of nitrogens with one attached hydrogen (secondary N) is 2.